The second kappa shape index (κ2) is 8.41. The normalized spacial score (nSPS) is 19.2. The van der Waals surface area contributed by atoms with Gasteiger partial charge in [-0.05, 0) is 42.7 Å². The van der Waals surface area contributed by atoms with Gasteiger partial charge in [0.05, 0.1) is 6.04 Å². The maximum atomic E-state index is 13.3. The zero-order chi connectivity index (χ0) is 18.5. The number of aryl methyl sites for hydroxylation is 1. The molecule has 2 atom stereocenters. The van der Waals surface area contributed by atoms with E-state index in [9.17, 15) is 9.90 Å². The Balaban J connectivity index is 1.88. The molecule has 1 N–H and O–H groups in total. The van der Waals surface area contributed by atoms with Crippen LogP contribution in [0.2, 0.25) is 0 Å². The van der Waals surface area contributed by atoms with Crippen LogP contribution in [0.25, 0.3) is 0 Å². The van der Waals surface area contributed by atoms with E-state index in [0.29, 0.717) is 6.54 Å². The van der Waals surface area contributed by atoms with Crippen LogP contribution in [0.5, 0.6) is 5.75 Å². The number of carbonyl (C=O) groups excluding carboxylic acids is 1. The molecule has 0 radical (unpaired) electrons. The van der Waals surface area contributed by atoms with Crippen molar-refractivity contribution in [2.75, 3.05) is 13.7 Å². The fourth-order valence-electron chi connectivity index (χ4n) is 3.61. The number of phenols is 1. The molecule has 5 nitrogen and oxygen atoms in total. The van der Waals surface area contributed by atoms with E-state index in [2.05, 4.69) is 6.92 Å². The van der Waals surface area contributed by atoms with Gasteiger partial charge < -0.3 is 19.2 Å². The van der Waals surface area contributed by atoms with Gasteiger partial charge in [0.2, 0.25) is 0 Å². The summed E-state index contributed by atoms with van der Waals surface area (Å²) in [7, 11) is 1.55. The first-order valence-corrected chi connectivity index (χ1v) is 9.34. The summed E-state index contributed by atoms with van der Waals surface area (Å²) >= 11 is 0. The Hall–Kier alpha value is -2.27. The molecule has 1 fully saturated rings. The smallest absolute Gasteiger partial charge is 0.256 e. The molecule has 1 aromatic carbocycles. The average molecular weight is 357 g/mol. The summed E-state index contributed by atoms with van der Waals surface area (Å²) in [6.07, 6.45) is 4.22. The molecule has 0 saturated carbocycles. The maximum absolute atomic E-state index is 13.3. The highest BCUT2D eigenvalue weighted by Crippen LogP contribution is 2.34. The van der Waals surface area contributed by atoms with E-state index in [4.69, 9.17) is 9.15 Å². The van der Waals surface area contributed by atoms with Crippen LogP contribution in [0, 0.1) is 0 Å². The molecule has 1 saturated heterocycles. The number of rotatable bonds is 5. The van der Waals surface area contributed by atoms with E-state index in [1.807, 2.05) is 17.0 Å². The predicted octanol–water partition coefficient (Wildman–Crippen LogP) is 4.38. The molecule has 1 amide bonds. The molecule has 0 aliphatic carbocycles. The highest BCUT2D eigenvalue weighted by atomic mass is 16.5. The number of furan rings is 1. The Morgan fingerprint density at radius 1 is 1.23 bits per heavy atom. The van der Waals surface area contributed by atoms with Gasteiger partial charge in [-0.15, -0.1) is 0 Å². The first-order valence-electron chi connectivity index (χ1n) is 9.34. The van der Waals surface area contributed by atoms with E-state index in [1.165, 1.54) is 0 Å². The van der Waals surface area contributed by atoms with Crippen LogP contribution in [0.3, 0.4) is 0 Å². The molecule has 5 heteroatoms. The molecule has 2 aromatic rings. The van der Waals surface area contributed by atoms with Gasteiger partial charge >= 0.3 is 0 Å². The lowest BCUT2D eigenvalue weighted by Crippen LogP contribution is -2.38. The molecular formula is C21H27NO4. The number of benzene rings is 1. The van der Waals surface area contributed by atoms with Gasteiger partial charge in [0.15, 0.2) is 6.10 Å². The zero-order valence-electron chi connectivity index (χ0n) is 15.5. The van der Waals surface area contributed by atoms with E-state index < -0.39 is 6.10 Å². The number of hydrogen-bond acceptors (Lipinski definition) is 4. The fraction of sp³-hybridized carbons (Fsp3) is 0.476. The van der Waals surface area contributed by atoms with E-state index in [0.717, 1.165) is 49.2 Å². The van der Waals surface area contributed by atoms with Crippen molar-refractivity contribution in [2.24, 2.45) is 0 Å². The summed E-state index contributed by atoms with van der Waals surface area (Å²) in [5.41, 5.74) is 0.743. The molecule has 0 bridgehead atoms. The molecule has 140 valence electrons. The number of aromatic hydroxyl groups is 1. The van der Waals surface area contributed by atoms with Crippen LogP contribution in [-0.2, 0) is 16.0 Å². The third kappa shape index (κ3) is 3.93. The number of amides is 1. The van der Waals surface area contributed by atoms with Crippen LogP contribution in [0.15, 0.2) is 40.8 Å². The minimum Gasteiger partial charge on any atom is -0.508 e. The van der Waals surface area contributed by atoms with E-state index in [1.54, 1.807) is 31.4 Å². The lowest BCUT2D eigenvalue weighted by molar-refractivity contribution is -0.145. The van der Waals surface area contributed by atoms with Gasteiger partial charge in [-0.2, -0.15) is 0 Å². The fourth-order valence-corrected chi connectivity index (χ4v) is 3.61. The molecule has 2 heterocycles. The lowest BCUT2D eigenvalue weighted by Gasteiger charge is -2.31. The number of carbonyl (C=O) groups is 1. The zero-order valence-corrected chi connectivity index (χ0v) is 15.5. The quantitative estimate of drug-likeness (QED) is 0.862. The van der Waals surface area contributed by atoms with Crippen molar-refractivity contribution in [1.82, 2.24) is 4.90 Å². The first-order chi connectivity index (χ1) is 12.6. The standard InChI is InChI=1S/C21H27NO4/c1-3-17-12-13-19(26-17)18-7-5-4-6-14-22(18)21(24)20(25-2)15-8-10-16(23)11-9-15/h8-13,18,20,23H,3-7,14H2,1-2H3/t18-,20-/m0/s1. The molecule has 0 spiro atoms. The summed E-state index contributed by atoms with van der Waals surface area (Å²) < 4.78 is 11.5. The van der Waals surface area contributed by atoms with Crippen molar-refractivity contribution in [2.45, 2.75) is 51.2 Å². The number of phenolic OH excluding ortho intramolecular Hbond substituents is 1. The predicted molar refractivity (Wildman–Crippen MR) is 98.9 cm³/mol. The van der Waals surface area contributed by atoms with Crippen LogP contribution >= 0.6 is 0 Å². The summed E-state index contributed by atoms with van der Waals surface area (Å²) in [5, 5.41) is 9.50. The van der Waals surface area contributed by atoms with Crippen molar-refractivity contribution >= 4 is 5.91 Å². The van der Waals surface area contributed by atoms with Crippen LogP contribution in [-0.4, -0.2) is 29.6 Å². The van der Waals surface area contributed by atoms with Crippen molar-refractivity contribution in [1.29, 1.82) is 0 Å². The highest BCUT2D eigenvalue weighted by Gasteiger charge is 2.34. The molecule has 26 heavy (non-hydrogen) atoms. The molecule has 1 aliphatic rings. The monoisotopic (exact) mass is 357 g/mol. The van der Waals surface area contributed by atoms with Gasteiger partial charge in [-0.3, -0.25) is 4.79 Å². The second-order valence-corrected chi connectivity index (χ2v) is 6.76. The highest BCUT2D eigenvalue weighted by molar-refractivity contribution is 5.82. The maximum Gasteiger partial charge on any atom is 0.256 e. The molecule has 1 aromatic heterocycles. The molecular weight excluding hydrogens is 330 g/mol. The summed E-state index contributed by atoms with van der Waals surface area (Å²) in [6.45, 7) is 2.76. The molecule has 1 aliphatic heterocycles. The Kier molecular flexibility index (Phi) is 5.99. The van der Waals surface area contributed by atoms with Gasteiger partial charge in [0.25, 0.3) is 5.91 Å². The van der Waals surface area contributed by atoms with Crippen molar-refractivity contribution in [3.8, 4) is 5.75 Å². The Morgan fingerprint density at radius 3 is 2.65 bits per heavy atom. The number of methoxy groups -OCH3 is 1. The SMILES string of the molecule is CCc1ccc([C@@H]2CCCCCN2C(=O)[C@@H](OC)c2ccc(O)cc2)o1. The average Bonchev–Trinajstić information content (AvgIpc) is 3.00. The summed E-state index contributed by atoms with van der Waals surface area (Å²) in [5.74, 6) is 1.92. The second-order valence-electron chi connectivity index (χ2n) is 6.76. The van der Waals surface area contributed by atoms with Gasteiger partial charge in [-0.1, -0.05) is 31.9 Å². The number of ether oxygens (including phenoxy) is 1. The third-order valence-electron chi connectivity index (χ3n) is 5.05. The molecule has 3 rings (SSSR count). The number of nitrogens with zero attached hydrogens (tertiary/aromatic N) is 1. The minimum atomic E-state index is -0.684. The molecule has 0 unspecified atom stereocenters. The van der Waals surface area contributed by atoms with Crippen LogP contribution in [0.4, 0.5) is 0 Å². The Bertz CT molecular complexity index is 722. The summed E-state index contributed by atoms with van der Waals surface area (Å²) in [4.78, 5) is 15.2. The van der Waals surface area contributed by atoms with Crippen molar-refractivity contribution < 1.29 is 19.1 Å². The van der Waals surface area contributed by atoms with Gasteiger partial charge in [-0.25, -0.2) is 0 Å². The van der Waals surface area contributed by atoms with Crippen molar-refractivity contribution in [3.05, 3.63) is 53.5 Å². The number of hydrogen-bond donors (Lipinski definition) is 1. The number of likely N-dealkylation sites (tertiary alicyclic amines) is 1. The van der Waals surface area contributed by atoms with Crippen LogP contribution < -0.4 is 0 Å². The Labute approximate surface area is 154 Å². The Morgan fingerprint density at radius 2 is 2.00 bits per heavy atom. The van der Waals surface area contributed by atoms with E-state index in [-0.39, 0.29) is 17.7 Å². The van der Waals surface area contributed by atoms with Gasteiger partial charge in [0, 0.05) is 20.1 Å². The van der Waals surface area contributed by atoms with Crippen molar-refractivity contribution in [3.63, 3.8) is 0 Å². The summed E-state index contributed by atoms with van der Waals surface area (Å²) in [6, 6.07) is 10.6. The topological polar surface area (TPSA) is 62.9 Å². The lowest BCUT2D eigenvalue weighted by atomic mass is 10.0. The third-order valence-corrected chi connectivity index (χ3v) is 5.05. The minimum absolute atomic E-state index is 0.0555. The van der Waals surface area contributed by atoms with Gasteiger partial charge in [0.1, 0.15) is 17.3 Å². The first kappa shape index (κ1) is 18.5. The largest absolute Gasteiger partial charge is 0.508 e. The van der Waals surface area contributed by atoms with E-state index >= 15 is 0 Å². The van der Waals surface area contributed by atoms with Crippen LogP contribution in [0.1, 0.15) is 61.8 Å².